The van der Waals surface area contributed by atoms with E-state index in [9.17, 15) is 26.9 Å². The van der Waals surface area contributed by atoms with Gasteiger partial charge in [0, 0.05) is 80.9 Å². The molecule has 266 valence electrons. The number of hydrogen-bond donors (Lipinski definition) is 0. The fourth-order valence-corrected chi connectivity index (χ4v) is 8.88. The highest BCUT2D eigenvalue weighted by molar-refractivity contribution is 7.88. The van der Waals surface area contributed by atoms with E-state index < -0.39 is 22.6 Å². The van der Waals surface area contributed by atoms with Gasteiger partial charge < -0.3 is 9.47 Å². The van der Waals surface area contributed by atoms with Crippen molar-refractivity contribution in [3.05, 3.63) is 59.2 Å². The molecule has 1 unspecified atom stereocenters. The van der Waals surface area contributed by atoms with Gasteiger partial charge in [-0.3, -0.25) is 9.80 Å². The molecule has 0 amide bonds. The molecule has 3 aliphatic heterocycles. The molecular weight excluding hydrogens is 668 g/mol. The Hall–Kier alpha value is -3.84. The van der Waals surface area contributed by atoms with Crippen molar-refractivity contribution in [1.29, 1.82) is 5.26 Å². The molecule has 3 aromatic heterocycles. The summed E-state index contributed by atoms with van der Waals surface area (Å²) in [6.07, 6.45) is 0.635. The Bertz CT molecular complexity index is 2050. The van der Waals surface area contributed by atoms with Crippen LogP contribution in [0.4, 0.5) is 19.0 Å². The van der Waals surface area contributed by atoms with Gasteiger partial charge in [-0.05, 0) is 74.7 Å². The Morgan fingerprint density at radius 1 is 1.00 bits per heavy atom. The van der Waals surface area contributed by atoms with Crippen molar-refractivity contribution in [1.82, 2.24) is 33.6 Å². The van der Waals surface area contributed by atoms with Crippen LogP contribution in [0.1, 0.15) is 42.1 Å². The number of nitrogens with zero attached hydrogens (tertiary/aromatic N) is 9. The molecule has 0 N–H and O–H groups in total. The Labute approximate surface area is 290 Å². The first-order valence-corrected chi connectivity index (χ1v) is 18.9. The van der Waals surface area contributed by atoms with E-state index in [-0.39, 0.29) is 17.0 Å². The lowest BCUT2D eigenvalue weighted by Gasteiger charge is -2.54. The van der Waals surface area contributed by atoms with Crippen LogP contribution >= 0.6 is 0 Å². The highest BCUT2D eigenvalue weighted by atomic mass is 32.2. The predicted octanol–water partition coefficient (Wildman–Crippen LogP) is 4.33. The molecule has 6 heterocycles. The molecule has 0 aliphatic carbocycles. The predicted molar refractivity (Wildman–Crippen MR) is 185 cm³/mol. The number of rotatable bonds is 8. The quantitative estimate of drug-likeness (QED) is 0.264. The normalized spacial score (nSPS) is 20.0. The second-order valence-electron chi connectivity index (χ2n) is 14.4. The van der Waals surface area contributed by atoms with Gasteiger partial charge in [-0.25, -0.2) is 23.4 Å². The van der Waals surface area contributed by atoms with Gasteiger partial charge in [-0.2, -0.15) is 22.7 Å². The van der Waals surface area contributed by atoms with Crippen LogP contribution < -0.4 is 4.90 Å². The van der Waals surface area contributed by atoms with Gasteiger partial charge in [0.25, 0.3) is 0 Å². The number of nitriles is 1. The number of hydrogen-bond acceptors (Lipinski definition) is 9. The van der Waals surface area contributed by atoms with Gasteiger partial charge in [0.1, 0.15) is 23.9 Å². The zero-order valence-electron chi connectivity index (χ0n) is 28.6. The smallest absolute Gasteiger partial charge is 0.355 e. The summed E-state index contributed by atoms with van der Waals surface area (Å²) in [6.45, 7) is 11.5. The first-order chi connectivity index (χ1) is 23.7. The maximum Gasteiger partial charge on any atom is 0.393 e. The molecule has 11 nitrogen and oxygen atoms in total. The average molecular weight is 710 g/mol. The lowest BCUT2D eigenvalue weighted by Crippen LogP contribution is -2.60. The molecule has 1 spiro atoms. The van der Waals surface area contributed by atoms with Crippen LogP contribution in [0, 0.1) is 23.7 Å². The maximum absolute atomic E-state index is 13.0. The molecule has 50 heavy (non-hydrogen) atoms. The molecule has 3 aliphatic rings. The number of fused-ring (bicyclic) bond motifs is 2. The SMILES string of the molecule is Cc1c(CN2CCC3(CC2)CN(c2ncnc4ncc(CC(F)(F)F)cc24)C3)ccc2c1cc(C#N)n2CC(C)N1CCN(S(C)(=O)=O)CC1. The Kier molecular flexibility index (Phi) is 9.03. The number of piperazine rings is 1. The number of sulfonamides is 1. The largest absolute Gasteiger partial charge is 0.393 e. The van der Waals surface area contributed by atoms with Crippen LogP contribution in [-0.4, -0.2) is 113 Å². The van der Waals surface area contributed by atoms with Gasteiger partial charge in [0.2, 0.25) is 10.0 Å². The molecule has 3 fully saturated rings. The summed E-state index contributed by atoms with van der Waals surface area (Å²) in [4.78, 5) is 19.7. The van der Waals surface area contributed by atoms with Crippen molar-refractivity contribution in [3.63, 3.8) is 0 Å². The molecule has 3 saturated heterocycles. The van der Waals surface area contributed by atoms with E-state index in [4.69, 9.17) is 0 Å². The molecule has 7 rings (SSSR count). The highest BCUT2D eigenvalue weighted by Crippen LogP contribution is 2.44. The van der Waals surface area contributed by atoms with Crippen LogP contribution in [0.15, 0.2) is 36.8 Å². The molecule has 1 atom stereocenters. The topological polar surface area (TPSA) is 114 Å². The van der Waals surface area contributed by atoms with E-state index in [1.54, 1.807) is 0 Å². The van der Waals surface area contributed by atoms with Gasteiger partial charge in [0.05, 0.1) is 18.1 Å². The summed E-state index contributed by atoms with van der Waals surface area (Å²) >= 11 is 0. The standard InChI is InChI=1S/C35H42F3N9O2S/c1-24(44-10-12-46(13-11-44)50(3,48)49)19-47-28(17-39)15-29-25(2)27(4-5-31(29)47)20-43-8-6-34(7-9-43)21-45(22-34)33-30-14-26(16-35(36,37)38)18-40-32(30)41-23-42-33/h4-5,14-15,18,23-24H,6-13,16,19-22H2,1-3H3. The third kappa shape index (κ3) is 6.90. The monoisotopic (exact) mass is 709 g/mol. The molecular formula is C35H42F3N9O2S. The summed E-state index contributed by atoms with van der Waals surface area (Å²) in [5.41, 5.74) is 4.74. The number of piperidine rings is 1. The summed E-state index contributed by atoms with van der Waals surface area (Å²) < 4.78 is 66.6. The molecule has 0 bridgehead atoms. The average Bonchev–Trinajstić information content (AvgIpc) is 3.42. The number of halogens is 3. The minimum Gasteiger partial charge on any atom is -0.355 e. The molecule has 0 radical (unpaired) electrons. The van der Waals surface area contributed by atoms with E-state index in [1.165, 1.54) is 40.3 Å². The fourth-order valence-electron chi connectivity index (χ4n) is 8.05. The molecule has 1 aromatic carbocycles. The minimum atomic E-state index is -4.31. The fraction of sp³-hybridized carbons (Fsp3) is 0.543. The summed E-state index contributed by atoms with van der Waals surface area (Å²) in [5.74, 6) is 0.649. The van der Waals surface area contributed by atoms with Gasteiger partial charge in [-0.15, -0.1) is 0 Å². The summed E-state index contributed by atoms with van der Waals surface area (Å²) in [7, 11) is -3.19. The second-order valence-corrected chi connectivity index (χ2v) is 16.4. The number of pyridine rings is 1. The maximum atomic E-state index is 13.0. The Balaban J connectivity index is 0.981. The van der Waals surface area contributed by atoms with Gasteiger partial charge in [0.15, 0.2) is 5.65 Å². The molecule has 0 saturated carbocycles. The van der Waals surface area contributed by atoms with E-state index in [0.29, 0.717) is 55.3 Å². The van der Waals surface area contributed by atoms with E-state index in [1.807, 2.05) is 6.07 Å². The van der Waals surface area contributed by atoms with Crippen LogP contribution in [-0.2, 0) is 29.5 Å². The van der Waals surface area contributed by atoms with Crippen molar-refractivity contribution in [2.24, 2.45) is 5.41 Å². The first-order valence-electron chi connectivity index (χ1n) is 17.1. The third-order valence-electron chi connectivity index (χ3n) is 11.0. The van der Waals surface area contributed by atoms with Crippen molar-refractivity contribution in [3.8, 4) is 6.07 Å². The summed E-state index contributed by atoms with van der Waals surface area (Å²) in [6, 6.07) is 10.4. The van der Waals surface area contributed by atoms with Crippen molar-refractivity contribution in [2.75, 3.05) is 63.5 Å². The zero-order valence-corrected chi connectivity index (χ0v) is 29.4. The van der Waals surface area contributed by atoms with E-state index in [2.05, 4.69) is 66.3 Å². The highest BCUT2D eigenvalue weighted by Gasteiger charge is 2.46. The lowest BCUT2D eigenvalue weighted by molar-refractivity contribution is -0.127. The zero-order chi connectivity index (χ0) is 35.4. The van der Waals surface area contributed by atoms with Crippen molar-refractivity contribution in [2.45, 2.75) is 58.4 Å². The van der Waals surface area contributed by atoms with Gasteiger partial charge in [-0.1, -0.05) is 6.07 Å². The van der Waals surface area contributed by atoms with Crippen LogP contribution in [0.5, 0.6) is 0 Å². The second kappa shape index (κ2) is 13.0. The number of benzene rings is 1. The van der Waals surface area contributed by atoms with Crippen molar-refractivity contribution >= 4 is 37.8 Å². The molecule has 15 heteroatoms. The van der Waals surface area contributed by atoms with Gasteiger partial charge >= 0.3 is 6.18 Å². The van der Waals surface area contributed by atoms with Crippen molar-refractivity contribution < 1.29 is 21.6 Å². The number of alkyl halides is 3. The number of likely N-dealkylation sites (tertiary alicyclic amines) is 1. The number of anilines is 1. The first kappa shape index (κ1) is 34.6. The van der Waals surface area contributed by atoms with Crippen LogP contribution in [0.2, 0.25) is 0 Å². The Morgan fingerprint density at radius 3 is 2.38 bits per heavy atom. The molecule has 4 aromatic rings. The van der Waals surface area contributed by atoms with E-state index in [0.717, 1.165) is 56.5 Å². The Morgan fingerprint density at radius 2 is 1.72 bits per heavy atom. The minimum absolute atomic E-state index is 0.107. The number of aryl methyl sites for hydroxylation is 1. The third-order valence-corrected chi connectivity index (χ3v) is 12.3. The summed E-state index contributed by atoms with van der Waals surface area (Å²) in [5, 5.41) is 11.7. The number of aromatic nitrogens is 4. The van der Waals surface area contributed by atoms with E-state index >= 15 is 0 Å². The van der Waals surface area contributed by atoms with Crippen LogP contribution in [0.25, 0.3) is 21.9 Å². The lowest BCUT2D eigenvalue weighted by atomic mass is 9.72. The van der Waals surface area contributed by atoms with Crippen LogP contribution in [0.3, 0.4) is 0 Å².